The minimum absolute atomic E-state index is 1.09. The van der Waals surface area contributed by atoms with Crippen LogP contribution in [0.4, 0.5) is 0 Å². The molecule has 1 N–H and O–H groups in total. The van der Waals surface area contributed by atoms with Gasteiger partial charge in [-0.3, -0.25) is 0 Å². The van der Waals surface area contributed by atoms with E-state index < -0.39 is 10.3 Å². The zero-order valence-electron chi connectivity index (χ0n) is 10.2. The zero-order chi connectivity index (χ0) is 10.9. The van der Waals surface area contributed by atoms with Crippen LogP contribution in [0.5, 0.6) is 0 Å². The number of rotatable bonds is 9. The predicted molar refractivity (Wildman–Crippen MR) is 69.5 cm³/mol. The van der Waals surface area contributed by atoms with E-state index in [4.69, 9.17) is 0 Å². The Balaban J connectivity index is 3.89. The van der Waals surface area contributed by atoms with Gasteiger partial charge >= 0.3 is 0 Å². The molecular weight excluding hydrogens is 192 g/mol. The van der Waals surface area contributed by atoms with Gasteiger partial charge in [0.05, 0.1) is 0 Å². The molecule has 0 saturated carbocycles. The minimum Gasteiger partial charge on any atom is -0.351 e. The summed E-state index contributed by atoms with van der Waals surface area (Å²) in [6, 6.07) is 0. The highest BCUT2D eigenvalue weighted by molar-refractivity contribution is 8.29. The van der Waals surface area contributed by atoms with Crippen LogP contribution in [0.2, 0.25) is 0 Å². The lowest BCUT2D eigenvalue weighted by Gasteiger charge is -2.34. The molecule has 0 atom stereocenters. The van der Waals surface area contributed by atoms with Crippen LogP contribution in [0.15, 0.2) is 0 Å². The number of hydrogen-bond acceptors (Lipinski definition) is 1. The molecule has 0 aliphatic heterocycles. The molecule has 0 saturated heterocycles. The first-order valence-corrected chi connectivity index (χ1v) is 8.27. The summed E-state index contributed by atoms with van der Waals surface area (Å²) in [5.41, 5.74) is 0. The second-order valence-electron chi connectivity index (χ2n) is 4.17. The van der Waals surface area contributed by atoms with Gasteiger partial charge in [0.2, 0.25) is 0 Å². The standard InChI is InChI=1S/C12H28OS/c1-4-7-10-14(13,11-8-5-2)12-9-6-3/h13H,4-12H2,1-3H3. The summed E-state index contributed by atoms with van der Waals surface area (Å²) in [6.07, 6.45) is 7.27. The number of unbranched alkanes of at least 4 members (excludes halogenated alkanes) is 3. The first kappa shape index (κ1) is 14.3. The van der Waals surface area contributed by atoms with E-state index in [1.807, 2.05) is 0 Å². The molecule has 0 bridgehead atoms. The molecule has 0 aliphatic carbocycles. The molecule has 0 aromatic heterocycles. The molecule has 0 amide bonds. The minimum atomic E-state index is -1.23. The maximum Gasteiger partial charge on any atom is -0.00125 e. The highest BCUT2D eigenvalue weighted by Gasteiger charge is 2.18. The molecule has 14 heavy (non-hydrogen) atoms. The van der Waals surface area contributed by atoms with Crippen molar-refractivity contribution in [2.45, 2.75) is 59.3 Å². The van der Waals surface area contributed by atoms with E-state index in [0.29, 0.717) is 0 Å². The Labute approximate surface area is 91.8 Å². The molecular formula is C12H28OS. The van der Waals surface area contributed by atoms with Gasteiger partial charge in [0.15, 0.2) is 0 Å². The van der Waals surface area contributed by atoms with E-state index in [2.05, 4.69) is 20.8 Å². The normalized spacial score (nSPS) is 13.1. The highest BCUT2D eigenvalue weighted by atomic mass is 32.3. The fraction of sp³-hybridized carbons (Fsp3) is 1.00. The third-order valence-electron chi connectivity index (χ3n) is 2.63. The summed E-state index contributed by atoms with van der Waals surface area (Å²) in [5.74, 6) is 3.26. The second kappa shape index (κ2) is 8.60. The van der Waals surface area contributed by atoms with E-state index in [1.54, 1.807) is 0 Å². The van der Waals surface area contributed by atoms with Gasteiger partial charge < -0.3 is 4.55 Å². The van der Waals surface area contributed by atoms with Gasteiger partial charge in [0.1, 0.15) is 0 Å². The Bertz CT molecular complexity index is 104. The molecule has 0 heterocycles. The smallest absolute Gasteiger partial charge is 0.00125 e. The maximum absolute atomic E-state index is 10.5. The van der Waals surface area contributed by atoms with Crippen LogP contribution in [0.3, 0.4) is 0 Å². The van der Waals surface area contributed by atoms with Crippen molar-refractivity contribution in [1.82, 2.24) is 0 Å². The molecule has 0 aliphatic rings. The third-order valence-corrected chi connectivity index (χ3v) is 5.78. The lowest BCUT2D eigenvalue weighted by molar-refractivity contribution is 0.609. The lowest BCUT2D eigenvalue weighted by atomic mass is 10.4. The van der Waals surface area contributed by atoms with Crippen LogP contribution in [-0.2, 0) is 0 Å². The topological polar surface area (TPSA) is 20.2 Å². The molecule has 0 radical (unpaired) electrons. The van der Waals surface area contributed by atoms with Gasteiger partial charge in [-0.1, -0.05) is 40.0 Å². The molecule has 0 unspecified atom stereocenters. The molecule has 88 valence electrons. The van der Waals surface area contributed by atoms with Crippen LogP contribution in [0.1, 0.15) is 59.3 Å². The van der Waals surface area contributed by atoms with Crippen LogP contribution in [0, 0.1) is 0 Å². The molecule has 0 aromatic carbocycles. The summed E-state index contributed by atoms with van der Waals surface area (Å²) >= 11 is 0. The van der Waals surface area contributed by atoms with Gasteiger partial charge in [-0.25, -0.2) is 0 Å². The summed E-state index contributed by atoms with van der Waals surface area (Å²) in [5, 5.41) is 0. The Morgan fingerprint density at radius 2 is 1.00 bits per heavy atom. The van der Waals surface area contributed by atoms with Crippen molar-refractivity contribution in [1.29, 1.82) is 0 Å². The summed E-state index contributed by atoms with van der Waals surface area (Å²) in [7, 11) is -1.23. The lowest BCUT2D eigenvalue weighted by Crippen LogP contribution is -2.13. The second-order valence-corrected chi connectivity index (χ2v) is 7.40. The van der Waals surface area contributed by atoms with Gasteiger partial charge in [-0.2, -0.15) is 0 Å². The van der Waals surface area contributed by atoms with Crippen molar-refractivity contribution in [3.8, 4) is 0 Å². The average Bonchev–Trinajstić information content (AvgIpc) is 2.21. The monoisotopic (exact) mass is 220 g/mol. The SMILES string of the molecule is CCCCS(O)(CCCC)CCCC. The van der Waals surface area contributed by atoms with Crippen LogP contribution >= 0.6 is 10.3 Å². The zero-order valence-corrected chi connectivity index (χ0v) is 11.0. The third kappa shape index (κ3) is 6.72. The Morgan fingerprint density at radius 1 is 0.714 bits per heavy atom. The van der Waals surface area contributed by atoms with Crippen molar-refractivity contribution in [2.24, 2.45) is 0 Å². The van der Waals surface area contributed by atoms with E-state index in [0.717, 1.165) is 17.3 Å². The van der Waals surface area contributed by atoms with Crippen LogP contribution in [0.25, 0.3) is 0 Å². The van der Waals surface area contributed by atoms with Gasteiger partial charge in [-0.15, -0.1) is 10.3 Å². The first-order valence-electron chi connectivity index (χ1n) is 6.17. The van der Waals surface area contributed by atoms with Crippen molar-refractivity contribution in [3.05, 3.63) is 0 Å². The summed E-state index contributed by atoms with van der Waals surface area (Å²) in [4.78, 5) is 0. The Kier molecular flexibility index (Phi) is 8.80. The quantitative estimate of drug-likeness (QED) is 0.599. The largest absolute Gasteiger partial charge is 0.351 e. The first-order chi connectivity index (χ1) is 6.68. The van der Waals surface area contributed by atoms with Gasteiger partial charge in [-0.05, 0) is 36.5 Å². The number of hydrogen-bond donors (Lipinski definition) is 1. The average molecular weight is 220 g/mol. The fourth-order valence-electron chi connectivity index (χ4n) is 1.55. The molecule has 0 spiro atoms. The van der Waals surface area contributed by atoms with E-state index in [-0.39, 0.29) is 0 Å². The van der Waals surface area contributed by atoms with Gasteiger partial charge in [0.25, 0.3) is 0 Å². The van der Waals surface area contributed by atoms with Crippen molar-refractivity contribution < 1.29 is 4.55 Å². The Morgan fingerprint density at radius 3 is 1.21 bits per heavy atom. The van der Waals surface area contributed by atoms with Crippen molar-refractivity contribution in [2.75, 3.05) is 17.3 Å². The molecule has 0 aromatic rings. The predicted octanol–water partition coefficient (Wildman–Crippen LogP) is 4.66. The molecule has 1 nitrogen and oxygen atoms in total. The van der Waals surface area contributed by atoms with E-state index in [1.165, 1.54) is 38.5 Å². The van der Waals surface area contributed by atoms with Crippen LogP contribution in [-0.4, -0.2) is 21.8 Å². The molecule has 0 rings (SSSR count). The highest BCUT2D eigenvalue weighted by Crippen LogP contribution is 2.45. The summed E-state index contributed by atoms with van der Waals surface area (Å²) < 4.78 is 10.5. The van der Waals surface area contributed by atoms with Gasteiger partial charge in [0, 0.05) is 0 Å². The molecule has 0 fully saturated rings. The van der Waals surface area contributed by atoms with E-state index in [9.17, 15) is 4.55 Å². The van der Waals surface area contributed by atoms with Crippen molar-refractivity contribution in [3.63, 3.8) is 0 Å². The fourth-order valence-corrected chi connectivity index (χ4v) is 4.64. The maximum atomic E-state index is 10.5. The van der Waals surface area contributed by atoms with Crippen molar-refractivity contribution >= 4 is 10.3 Å². The van der Waals surface area contributed by atoms with Crippen LogP contribution < -0.4 is 0 Å². The summed E-state index contributed by atoms with van der Waals surface area (Å²) in [6.45, 7) is 6.62. The molecule has 2 heteroatoms. The van der Waals surface area contributed by atoms with E-state index >= 15 is 0 Å². The Hall–Kier alpha value is 0.310.